The van der Waals surface area contributed by atoms with E-state index in [1.165, 1.54) is 10.9 Å². The molecule has 0 saturated carbocycles. The fourth-order valence-electron chi connectivity index (χ4n) is 2.37. The van der Waals surface area contributed by atoms with Gasteiger partial charge in [0.15, 0.2) is 0 Å². The highest BCUT2D eigenvalue weighted by Crippen LogP contribution is 2.24. The van der Waals surface area contributed by atoms with Crippen LogP contribution in [0.15, 0.2) is 55.1 Å². The van der Waals surface area contributed by atoms with Crippen molar-refractivity contribution in [3.05, 3.63) is 65.7 Å². The molecule has 4 rings (SSSR count). The number of nitrogens with zero attached hydrogens (tertiary/aromatic N) is 4. The van der Waals surface area contributed by atoms with Gasteiger partial charge in [-0.3, -0.25) is 9.36 Å². The molecule has 0 radical (unpaired) electrons. The van der Waals surface area contributed by atoms with Crippen molar-refractivity contribution in [2.24, 2.45) is 0 Å². The van der Waals surface area contributed by atoms with E-state index in [1.54, 1.807) is 24.5 Å². The number of para-hydroxylation sites is 2. The van der Waals surface area contributed by atoms with Gasteiger partial charge in [-0.1, -0.05) is 23.7 Å². The molecule has 2 aromatic heterocycles. The Morgan fingerprint density at radius 2 is 1.82 bits per heavy atom. The first-order valence-electron chi connectivity index (χ1n) is 6.61. The van der Waals surface area contributed by atoms with Crippen LogP contribution in [0.4, 0.5) is 0 Å². The summed E-state index contributed by atoms with van der Waals surface area (Å²) in [4.78, 5) is 25.6. The number of imidazole rings is 1. The average Bonchev–Trinajstić information content (AvgIpc) is 3.06. The normalized spacial score (nSPS) is 11.1. The molecule has 106 valence electrons. The zero-order valence-electron chi connectivity index (χ0n) is 11.3. The summed E-state index contributed by atoms with van der Waals surface area (Å²) in [6, 6.07) is 10.8. The van der Waals surface area contributed by atoms with Gasteiger partial charge >= 0.3 is 0 Å². The van der Waals surface area contributed by atoms with Crippen LogP contribution < -0.4 is 0 Å². The summed E-state index contributed by atoms with van der Waals surface area (Å²) in [7, 11) is 0. The molecule has 2 aromatic carbocycles. The Kier molecular flexibility index (Phi) is 2.87. The molecule has 0 saturated heterocycles. The zero-order chi connectivity index (χ0) is 15.1. The smallest absolute Gasteiger partial charge is 0.265 e. The minimum absolute atomic E-state index is 0.241. The van der Waals surface area contributed by atoms with Crippen LogP contribution in [-0.4, -0.2) is 25.4 Å². The number of hydrogen-bond donors (Lipinski definition) is 0. The first kappa shape index (κ1) is 12.9. The van der Waals surface area contributed by atoms with Crippen molar-refractivity contribution in [3.63, 3.8) is 0 Å². The lowest BCUT2D eigenvalue weighted by molar-refractivity contribution is 0.0961. The predicted octanol–water partition coefficient (Wildman–Crippen LogP) is 3.32. The third-order valence-electron chi connectivity index (χ3n) is 3.38. The second-order valence-corrected chi connectivity index (χ2v) is 5.24. The third-order valence-corrected chi connectivity index (χ3v) is 3.60. The highest BCUT2D eigenvalue weighted by molar-refractivity contribution is 6.32. The average molecular weight is 309 g/mol. The van der Waals surface area contributed by atoms with E-state index in [-0.39, 0.29) is 5.91 Å². The molecule has 0 fully saturated rings. The summed E-state index contributed by atoms with van der Waals surface area (Å²) in [6.45, 7) is 0. The van der Waals surface area contributed by atoms with Gasteiger partial charge in [0.1, 0.15) is 11.8 Å². The molecule has 22 heavy (non-hydrogen) atoms. The molecule has 5 nitrogen and oxygen atoms in total. The van der Waals surface area contributed by atoms with Crippen molar-refractivity contribution in [2.45, 2.75) is 0 Å². The quantitative estimate of drug-likeness (QED) is 0.506. The van der Waals surface area contributed by atoms with Crippen LogP contribution in [0.25, 0.3) is 22.1 Å². The first-order valence-corrected chi connectivity index (χ1v) is 6.99. The summed E-state index contributed by atoms with van der Waals surface area (Å²) in [5, 5.41) is 0.445. The molecule has 2 heterocycles. The Hall–Kier alpha value is -2.79. The molecule has 0 amide bonds. The SMILES string of the molecule is O=C(c1cc(Cl)cc2nc3ccccc3nc12)n1ccnc1. The van der Waals surface area contributed by atoms with Crippen molar-refractivity contribution < 1.29 is 4.79 Å². The molecule has 4 aromatic rings. The highest BCUT2D eigenvalue weighted by atomic mass is 35.5. The Morgan fingerprint density at radius 1 is 1.05 bits per heavy atom. The van der Waals surface area contributed by atoms with E-state index in [0.29, 0.717) is 21.6 Å². The Labute approximate surface area is 130 Å². The second-order valence-electron chi connectivity index (χ2n) is 4.81. The number of hydrogen-bond acceptors (Lipinski definition) is 4. The van der Waals surface area contributed by atoms with Gasteiger partial charge in [0.25, 0.3) is 5.91 Å². The Morgan fingerprint density at radius 3 is 2.55 bits per heavy atom. The number of carbonyl (C=O) groups is 1. The van der Waals surface area contributed by atoms with E-state index in [0.717, 1.165) is 11.0 Å². The second kappa shape index (κ2) is 4.89. The van der Waals surface area contributed by atoms with Crippen molar-refractivity contribution >= 4 is 39.6 Å². The summed E-state index contributed by atoms with van der Waals surface area (Å²) in [6.07, 6.45) is 4.58. The number of rotatable bonds is 1. The van der Waals surface area contributed by atoms with Gasteiger partial charge < -0.3 is 0 Å². The molecule has 0 N–H and O–H groups in total. The van der Waals surface area contributed by atoms with Crippen LogP contribution in [0.3, 0.4) is 0 Å². The van der Waals surface area contributed by atoms with Crippen molar-refractivity contribution in [3.8, 4) is 0 Å². The fourth-order valence-corrected chi connectivity index (χ4v) is 2.58. The van der Waals surface area contributed by atoms with Crippen LogP contribution in [0, 0.1) is 0 Å². The molecule has 0 bridgehead atoms. The van der Waals surface area contributed by atoms with Crippen LogP contribution in [0.1, 0.15) is 10.4 Å². The predicted molar refractivity (Wildman–Crippen MR) is 84.0 cm³/mol. The van der Waals surface area contributed by atoms with Gasteiger partial charge in [-0.25, -0.2) is 15.0 Å². The molecule has 0 aliphatic heterocycles. The van der Waals surface area contributed by atoms with E-state index in [2.05, 4.69) is 15.0 Å². The maximum Gasteiger partial charge on any atom is 0.265 e. The largest absolute Gasteiger partial charge is 0.272 e. The highest BCUT2D eigenvalue weighted by Gasteiger charge is 2.16. The summed E-state index contributed by atoms with van der Waals surface area (Å²) in [5.41, 5.74) is 3.02. The number of fused-ring (bicyclic) bond motifs is 2. The lowest BCUT2D eigenvalue weighted by Crippen LogP contribution is -2.11. The molecule has 0 atom stereocenters. The topological polar surface area (TPSA) is 60.7 Å². The van der Waals surface area contributed by atoms with Crippen LogP contribution in [-0.2, 0) is 0 Å². The van der Waals surface area contributed by atoms with Gasteiger partial charge in [0.2, 0.25) is 0 Å². The van der Waals surface area contributed by atoms with E-state index in [1.807, 2.05) is 24.3 Å². The minimum Gasteiger partial charge on any atom is -0.272 e. The van der Waals surface area contributed by atoms with Gasteiger partial charge in [0, 0.05) is 17.4 Å². The molecule has 0 unspecified atom stereocenters. The number of benzene rings is 2. The molecule has 0 spiro atoms. The van der Waals surface area contributed by atoms with E-state index < -0.39 is 0 Å². The minimum atomic E-state index is -0.241. The maximum atomic E-state index is 12.6. The van der Waals surface area contributed by atoms with Crippen LogP contribution >= 0.6 is 11.6 Å². The summed E-state index contributed by atoms with van der Waals surface area (Å²) >= 11 is 6.14. The van der Waals surface area contributed by atoms with Gasteiger partial charge in [-0.05, 0) is 24.3 Å². The standard InChI is InChI=1S/C16H9ClN4O/c17-10-7-11(16(22)21-6-5-18-9-21)15-14(8-10)19-12-3-1-2-4-13(12)20-15/h1-9H. The van der Waals surface area contributed by atoms with Crippen molar-refractivity contribution in [2.75, 3.05) is 0 Å². The molecule has 0 aliphatic rings. The van der Waals surface area contributed by atoms with Crippen LogP contribution in [0.5, 0.6) is 0 Å². The number of aromatic nitrogens is 4. The monoisotopic (exact) mass is 308 g/mol. The first-order chi connectivity index (χ1) is 10.7. The maximum absolute atomic E-state index is 12.6. The lowest BCUT2D eigenvalue weighted by atomic mass is 10.1. The third kappa shape index (κ3) is 2.03. The van der Waals surface area contributed by atoms with Crippen molar-refractivity contribution in [1.82, 2.24) is 19.5 Å². The van der Waals surface area contributed by atoms with E-state index in [4.69, 9.17) is 11.6 Å². The number of halogens is 1. The zero-order valence-corrected chi connectivity index (χ0v) is 12.0. The fraction of sp³-hybridized carbons (Fsp3) is 0. The van der Waals surface area contributed by atoms with Crippen molar-refractivity contribution in [1.29, 1.82) is 0 Å². The van der Waals surface area contributed by atoms with Gasteiger partial charge in [-0.2, -0.15) is 0 Å². The van der Waals surface area contributed by atoms with Gasteiger partial charge in [-0.15, -0.1) is 0 Å². The molecule has 6 heteroatoms. The van der Waals surface area contributed by atoms with E-state index >= 15 is 0 Å². The molecular weight excluding hydrogens is 300 g/mol. The number of carbonyl (C=O) groups excluding carboxylic acids is 1. The van der Waals surface area contributed by atoms with Crippen LogP contribution in [0.2, 0.25) is 5.02 Å². The Bertz CT molecular complexity index is 1010. The van der Waals surface area contributed by atoms with E-state index in [9.17, 15) is 4.79 Å². The molecular formula is C16H9ClN4O. The summed E-state index contributed by atoms with van der Waals surface area (Å²) < 4.78 is 1.39. The summed E-state index contributed by atoms with van der Waals surface area (Å²) in [5.74, 6) is -0.241. The lowest BCUT2D eigenvalue weighted by Gasteiger charge is -2.07. The van der Waals surface area contributed by atoms with Gasteiger partial charge in [0.05, 0.1) is 22.1 Å². The Balaban J connectivity index is 2.04. The molecule has 0 aliphatic carbocycles.